The summed E-state index contributed by atoms with van der Waals surface area (Å²) in [5.41, 5.74) is -0.645. The largest absolute Gasteiger partial charge is 0.388 e. The molecule has 0 spiro atoms. The van der Waals surface area contributed by atoms with E-state index < -0.39 is 35.9 Å². The maximum atomic E-state index is 12.9. The highest BCUT2D eigenvalue weighted by Gasteiger charge is 2.47. The van der Waals surface area contributed by atoms with Crippen molar-refractivity contribution >= 4 is 17.7 Å². The molecule has 0 aromatic rings. The van der Waals surface area contributed by atoms with Gasteiger partial charge in [-0.2, -0.15) is 0 Å². The molecule has 2 heterocycles. The molecule has 7 nitrogen and oxygen atoms in total. The molecule has 2 aliphatic heterocycles. The zero-order valence-corrected chi connectivity index (χ0v) is 17.6. The molecule has 0 aromatic carbocycles. The van der Waals surface area contributed by atoms with Gasteiger partial charge >= 0.3 is 0 Å². The van der Waals surface area contributed by atoms with Gasteiger partial charge in [-0.15, -0.1) is 11.8 Å². The van der Waals surface area contributed by atoms with Crippen LogP contribution in [0.4, 0.5) is 0 Å². The minimum atomic E-state index is -1.30. The van der Waals surface area contributed by atoms with E-state index in [1.165, 1.54) is 11.8 Å². The lowest BCUT2D eigenvalue weighted by atomic mass is 9.86. The Morgan fingerprint density at radius 3 is 2.56 bits per heavy atom. The molecule has 2 fully saturated rings. The molecule has 0 aromatic heterocycles. The molecule has 2 saturated heterocycles. The highest BCUT2D eigenvalue weighted by molar-refractivity contribution is 7.99. The molecule has 2 rings (SSSR count). The molecule has 0 bridgehead atoms. The number of piperidine rings is 1. The summed E-state index contributed by atoms with van der Waals surface area (Å²) in [7, 11) is 0. The number of ether oxygens (including phenoxy) is 1. The molecule has 0 aliphatic carbocycles. The van der Waals surface area contributed by atoms with E-state index in [-0.39, 0.29) is 17.9 Å². The van der Waals surface area contributed by atoms with Gasteiger partial charge in [-0.25, -0.2) is 0 Å². The van der Waals surface area contributed by atoms with Gasteiger partial charge in [0.15, 0.2) is 0 Å². The summed E-state index contributed by atoms with van der Waals surface area (Å²) in [5.74, 6) is 0.457. The number of hydrogen-bond donors (Lipinski definition) is 5. The van der Waals surface area contributed by atoms with E-state index in [9.17, 15) is 20.1 Å². The van der Waals surface area contributed by atoms with E-state index >= 15 is 0 Å². The summed E-state index contributed by atoms with van der Waals surface area (Å²) in [6.07, 6.45) is 1.42. The normalized spacial score (nSPS) is 38.6. The molecule has 8 heteroatoms. The Bertz CT molecular complexity index is 477. The summed E-state index contributed by atoms with van der Waals surface area (Å²) in [6.45, 7) is 6.88. The molecule has 158 valence electrons. The van der Waals surface area contributed by atoms with Crippen LogP contribution in [-0.2, 0) is 9.53 Å². The van der Waals surface area contributed by atoms with Crippen molar-refractivity contribution in [1.82, 2.24) is 10.6 Å². The predicted molar refractivity (Wildman–Crippen MR) is 106 cm³/mol. The first-order valence-corrected chi connectivity index (χ1v) is 11.3. The Hall–Kier alpha value is -0.380. The quantitative estimate of drug-likeness (QED) is 0.419. The van der Waals surface area contributed by atoms with Crippen LogP contribution >= 0.6 is 11.8 Å². The van der Waals surface area contributed by atoms with Gasteiger partial charge in [-0.1, -0.05) is 33.6 Å². The molecular formula is C19H36N2O5S. The first kappa shape index (κ1) is 22.9. The minimum absolute atomic E-state index is 0.00595. The SMILES string of the molecule is CCC[C@@H]1CCNC(C(=O)N[C@H](C(C)C)C2OC(SC)C(O)C(O)C2O)C1. The van der Waals surface area contributed by atoms with E-state index in [1.54, 1.807) is 6.26 Å². The molecular weight excluding hydrogens is 368 g/mol. The summed E-state index contributed by atoms with van der Waals surface area (Å²) in [5, 5.41) is 37.1. The van der Waals surface area contributed by atoms with Crippen LogP contribution in [0.1, 0.15) is 46.5 Å². The van der Waals surface area contributed by atoms with Crippen LogP contribution in [-0.4, -0.2) is 76.0 Å². The van der Waals surface area contributed by atoms with Crippen LogP contribution in [0.5, 0.6) is 0 Å². The molecule has 27 heavy (non-hydrogen) atoms. The Morgan fingerprint density at radius 1 is 1.26 bits per heavy atom. The van der Waals surface area contributed by atoms with E-state index in [0.717, 1.165) is 32.2 Å². The van der Waals surface area contributed by atoms with Crippen LogP contribution in [0.25, 0.3) is 0 Å². The fraction of sp³-hybridized carbons (Fsp3) is 0.947. The second-order valence-corrected chi connectivity index (χ2v) is 9.08. The van der Waals surface area contributed by atoms with Crippen LogP contribution in [0, 0.1) is 11.8 Å². The smallest absolute Gasteiger partial charge is 0.237 e. The summed E-state index contributed by atoms with van der Waals surface area (Å²) >= 11 is 1.28. The number of thioether (sulfide) groups is 1. The van der Waals surface area contributed by atoms with Crippen LogP contribution < -0.4 is 10.6 Å². The summed E-state index contributed by atoms with van der Waals surface area (Å²) in [4.78, 5) is 12.9. The van der Waals surface area contributed by atoms with Gasteiger partial charge in [-0.05, 0) is 37.5 Å². The van der Waals surface area contributed by atoms with E-state index in [1.807, 2.05) is 13.8 Å². The van der Waals surface area contributed by atoms with Gasteiger partial charge < -0.3 is 30.7 Å². The molecule has 0 saturated carbocycles. The Kier molecular flexibility index (Phi) is 8.83. The average molecular weight is 405 g/mol. The number of nitrogens with one attached hydrogen (secondary N) is 2. The zero-order chi connectivity index (χ0) is 20.1. The van der Waals surface area contributed by atoms with Gasteiger partial charge in [0.05, 0.1) is 12.1 Å². The second-order valence-electron chi connectivity index (χ2n) is 8.14. The van der Waals surface area contributed by atoms with Crippen molar-refractivity contribution in [2.75, 3.05) is 12.8 Å². The number of carbonyl (C=O) groups is 1. The molecule has 0 radical (unpaired) electrons. The third-order valence-electron chi connectivity index (χ3n) is 5.75. The van der Waals surface area contributed by atoms with Crippen LogP contribution in [0.15, 0.2) is 0 Å². The Labute approximate surface area is 166 Å². The van der Waals surface area contributed by atoms with Crippen LogP contribution in [0.3, 0.4) is 0 Å². The topological polar surface area (TPSA) is 111 Å². The average Bonchev–Trinajstić information content (AvgIpc) is 2.65. The first-order chi connectivity index (χ1) is 12.8. The lowest BCUT2D eigenvalue weighted by molar-refractivity contribution is -0.208. The third kappa shape index (κ3) is 5.58. The fourth-order valence-corrected chi connectivity index (χ4v) is 4.80. The minimum Gasteiger partial charge on any atom is -0.388 e. The Morgan fingerprint density at radius 2 is 1.96 bits per heavy atom. The standard InChI is InChI=1S/C19H36N2O5S/c1-5-6-11-7-8-20-12(9-11)18(25)21-13(10(2)3)17-15(23)14(22)16(24)19(26-17)27-4/h10-17,19-20,22-24H,5-9H2,1-4H3,(H,21,25)/t11-,12?,13-,14?,15?,16?,17?,19?/m1/s1. The van der Waals surface area contributed by atoms with Crippen LogP contribution in [0.2, 0.25) is 0 Å². The monoisotopic (exact) mass is 404 g/mol. The first-order valence-electron chi connectivity index (χ1n) is 10.1. The van der Waals surface area contributed by atoms with Crippen molar-refractivity contribution in [3.05, 3.63) is 0 Å². The number of carbonyl (C=O) groups excluding carboxylic acids is 1. The van der Waals surface area contributed by atoms with Gasteiger partial charge in [-0.3, -0.25) is 4.79 Å². The van der Waals surface area contributed by atoms with E-state index in [0.29, 0.717) is 5.92 Å². The second kappa shape index (κ2) is 10.4. The van der Waals surface area contributed by atoms with Gasteiger partial charge in [0.2, 0.25) is 5.91 Å². The van der Waals surface area contributed by atoms with Crippen molar-refractivity contribution in [2.45, 2.75) is 88.4 Å². The molecule has 1 amide bonds. The van der Waals surface area contributed by atoms with Crippen molar-refractivity contribution in [1.29, 1.82) is 0 Å². The van der Waals surface area contributed by atoms with Crippen molar-refractivity contribution in [3.8, 4) is 0 Å². The fourth-order valence-electron chi connectivity index (χ4n) is 4.12. The summed E-state index contributed by atoms with van der Waals surface area (Å²) in [6, 6.07) is -0.707. The summed E-state index contributed by atoms with van der Waals surface area (Å²) < 4.78 is 5.87. The number of aliphatic hydroxyl groups excluding tert-OH is 3. The van der Waals surface area contributed by atoms with E-state index in [4.69, 9.17) is 4.74 Å². The number of amides is 1. The molecule has 5 N–H and O–H groups in total. The third-order valence-corrected chi connectivity index (χ3v) is 6.60. The maximum absolute atomic E-state index is 12.9. The maximum Gasteiger partial charge on any atom is 0.237 e. The number of rotatable bonds is 7. The van der Waals surface area contributed by atoms with Gasteiger partial charge in [0.1, 0.15) is 29.9 Å². The van der Waals surface area contributed by atoms with Gasteiger partial charge in [0.25, 0.3) is 0 Å². The molecule has 6 unspecified atom stereocenters. The number of hydrogen-bond acceptors (Lipinski definition) is 7. The van der Waals surface area contributed by atoms with E-state index in [2.05, 4.69) is 17.6 Å². The van der Waals surface area contributed by atoms with Gasteiger partial charge in [0, 0.05) is 0 Å². The highest BCUT2D eigenvalue weighted by Crippen LogP contribution is 2.30. The predicted octanol–water partition coefficient (Wildman–Crippen LogP) is 0.466. The highest BCUT2D eigenvalue weighted by atomic mass is 32.2. The zero-order valence-electron chi connectivity index (χ0n) is 16.8. The molecule has 8 atom stereocenters. The lowest BCUT2D eigenvalue weighted by Crippen LogP contribution is -2.65. The molecule has 2 aliphatic rings. The van der Waals surface area contributed by atoms with Crippen molar-refractivity contribution in [3.63, 3.8) is 0 Å². The Balaban J connectivity index is 2.07. The van der Waals surface area contributed by atoms with Crippen molar-refractivity contribution in [2.24, 2.45) is 11.8 Å². The number of aliphatic hydroxyl groups is 3. The lowest BCUT2D eigenvalue weighted by Gasteiger charge is -2.44. The van der Waals surface area contributed by atoms with Crippen molar-refractivity contribution < 1.29 is 24.9 Å².